The predicted molar refractivity (Wildman–Crippen MR) is 115 cm³/mol. The van der Waals surface area contributed by atoms with Gasteiger partial charge >= 0.3 is 6.03 Å². The Labute approximate surface area is 178 Å². The quantitative estimate of drug-likeness (QED) is 0.491. The number of carbonyl (C=O) groups excluding carboxylic acids is 2. The fourth-order valence-corrected chi connectivity index (χ4v) is 3.41. The number of aromatic nitrogens is 5. The minimum atomic E-state index is -0.446. The van der Waals surface area contributed by atoms with Gasteiger partial charge in [-0.3, -0.25) is 10.1 Å². The van der Waals surface area contributed by atoms with Crippen LogP contribution in [0.3, 0.4) is 0 Å². The topological polar surface area (TPSA) is 142 Å². The van der Waals surface area contributed by atoms with Gasteiger partial charge in [-0.25, -0.2) is 14.5 Å². The first-order valence-corrected chi connectivity index (χ1v) is 9.54. The van der Waals surface area contributed by atoms with Crippen molar-refractivity contribution in [3.63, 3.8) is 0 Å². The summed E-state index contributed by atoms with van der Waals surface area (Å²) in [5, 5.41) is 23.3. The monoisotopic (exact) mass is 422 g/mol. The van der Waals surface area contributed by atoms with E-state index < -0.39 is 11.9 Å². The van der Waals surface area contributed by atoms with Crippen LogP contribution in [-0.2, 0) is 6.54 Å². The van der Waals surface area contributed by atoms with Crippen LogP contribution in [0, 0.1) is 6.92 Å². The number of aryl methyl sites for hydroxylation is 1. The van der Waals surface area contributed by atoms with Crippen LogP contribution in [0.25, 0.3) is 5.69 Å². The van der Waals surface area contributed by atoms with E-state index in [9.17, 15) is 9.59 Å². The number of rotatable bonds is 4. The average molecular weight is 422 g/mol. The highest BCUT2D eigenvalue weighted by Gasteiger charge is 2.25. The lowest BCUT2D eigenvalue weighted by Gasteiger charge is -2.29. The van der Waals surface area contributed by atoms with Gasteiger partial charge in [-0.1, -0.05) is 6.07 Å². The number of fused-ring (bicyclic) bond motifs is 3. The van der Waals surface area contributed by atoms with Crippen molar-refractivity contribution in [2.24, 2.45) is 0 Å². The molecule has 160 valence electrons. The van der Waals surface area contributed by atoms with Gasteiger partial charge in [0.15, 0.2) is 17.3 Å². The summed E-state index contributed by atoms with van der Waals surface area (Å²) >= 11 is 0. The number of benzene rings is 1. The number of para-hydroxylation sites is 1. The van der Waals surface area contributed by atoms with Gasteiger partial charge in [0.2, 0.25) is 0 Å². The Morgan fingerprint density at radius 1 is 1.10 bits per heavy atom. The van der Waals surface area contributed by atoms with Crippen LogP contribution in [0.1, 0.15) is 22.1 Å². The molecule has 0 aliphatic carbocycles. The number of nitrogens with one attached hydrogen (secondary N) is 4. The van der Waals surface area contributed by atoms with Crippen molar-refractivity contribution in [3.05, 3.63) is 41.6 Å². The number of hydrogen-bond donors (Lipinski definition) is 4. The minimum Gasteiger partial charge on any atom is -0.364 e. The van der Waals surface area contributed by atoms with Crippen LogP contribution in [0.2, 0.25) is 0 Å². The van der Waals surface area contributed by atoms with Crippen LogP contribution in [0.4, 0.5) is 27.7 Å². The van der Waals surface area contributed by atoms with Gasteiger partial charge in [0.1, 0.15) is 5.82 Å². The lowest BCUT2D eigenvalue weighted by Crippen LogP contribution is -2.28. The zero-order chi connectivity index (χ0) is 22.1. The predicted octanol–water partition coefficient (Wildman–Crippen LogP) is 1.17. The number of amides is 3. The van der Waals surface area contributed by atoms with Crippen molar-refractivity contribution in [1.29, 1.82) is 0 Å². The Morgan fingerprint density at radius 3 is 2.65 bits per heavy atom. The molecule has 0 saturated carbocycles. The first-order chi connectivity index (χ1) is 14.9. The van der Waals surface area contributed by atoms with Crippen molar-refractivity contribution >= 4 is 34.8 Å². The number of anilines is 4. The van der Waals surface area contributed by atoms with Gasteiger partial charge in [-0.15, -0.1) is 10.2 Å². The molecule has 1 aromatic carbocycles. The smallest absolute Gasteiger partial charge is 0.320 e. The third-order valence-corrected chi connectivity index (χ3v) is 4.76. The van der Waals surface area contributed by atoms with Crippen molar-refractivity contribution in [1.82, 2.24) is 35.6 Å². The van der Waals surface area contributed by atoms with Gasteiger partial charge < -0.3 is 20.9 Å². The van der Waals surface area contributed by atoms with E-state index >= 15 is 0 Å². The van der Waals surface area contributed by atoms with Gasteiger partial charge in [-0.2, -0.15) is 5.10 Å². The van der Waals surface area contributed by atoms with Gasteiger partial charge in [0.25, 0.3) is 5.91 Å². The molecule has 3 aromatic rings. The van der Waals surface area contributed by atoms with Crippen molar-refractivity contribution in [2.75, 3.05) is 36.7 Å². The van der Waals surface area contributed by atoms with Gasteiger partial charge in [0, 0.05) is 27.2 Å². The first kappa shape index (κ1) is 20.1. The summed E-state index contributed by atoms with van der Waals surface area (Å²) < 4.78 is 1.82. The molecule has 0 bridgehead atoms. The van der Waals surface area contributed by atoms with Crippen molar-refractivity contribution < 1.29 is 9.59 Å². The van der Waals surface area contributed by atoms with E-state index in [0.717, 1.165) is 22.9 Å². The first-order valence-electron chi connectivity index (χ1n) is 9.54. The highest BCUT2D eigenvalue weighted by molar-refractivity contribution is 6.00. The lowest BCUT2D eigenvalue weighted by atomic mass is 10.1. The molecular weight excluding hydrogens is 400 g/mol. The van der Waals surface area contributed by atoms with Gasteiger partial charge in [-0.05, 0) is 19.1 Å². The molecule has 12 nitrogen and oxygen atoms in total. The summed E-state index contributed by atoms with van der Waals surface area (Å²) in [5.41, 5.74) is 2.98. The SMILES string of the molecule is CNC(=O)Nc1cc(Nc2cccc3c2N(C)Cc2nc(C)nn2-3)c(C(=O)NC)nn1. The number of hydrogen-bond acceptors (Lipinski definition) is 8. The van der Waals surface area contributed by atoms with Crippen molar-refractivity contribution in [2.45, 2.75) is 13.5 Å². The molecule has 2 aromatic heterocycles. The standard InChI is InChI=1S/C19H22N10O2/c1-10-22-15-9-28(4)17-11(6-5-7-13(17)29(15)27-10)23-12-8-14(24-19(31)21-3)25-26-16(12)18(30)20-2/h5-8H,9H2,1-4H3,(H,20,30)(H3,21,23,24,25,31). The summed E-state index contributed by atoms with van der Waals surface area (Å²) in [5.74, 6) is 1.33. The maximum atomic E-state index is 12.3. The van der Waals surface area contributed by atoms with Crippen LogP contribution < -0.4 is 26.2 Å². The molecule has 4 N–H and O–H groups in total. The Kier molecular flexibility index (Phi) is 5.11. The molecule has 0 atom stereocenters. The molecule has 31 heavy (non-hydrogen) atoms. The van der Waals surface area contributed by atoms with Gasteiger partial charge in [0.05, 0.1) is 29.3 Å². The molecule has 0 radical (unpaired) electrons. The number of urea groups is 1. The zero-order valence-corrected chi connectivity index (χ0v) is 17.5. The van der Waals surface area contributed by atoms with Crippen LogP contribution >= 0.6 is 0 Å². The molecule has 4 rings (SSSR count). The van der Waals surface area contributed by atoms with E-state index in [0.29, 0.717) is 18.1 Å². The molecule has 3 heterocycles. The summed E-state index contributed by atoms with van der Waals surface area (Å²) in [7, 11) is 4.96. The lowest BCUT2D eigenvalue weighted by molar-refractivity contribution is 0.0958. The Bertz CT molecular complexity index is 1170. The number of nitrogens with zero attached hydrogens (tertiary/aromatic N) is 6. The third kappa shape index (κ3) is 3.70. The van der Waals surface area contributed by atoms with Crippen LogP contribution in [0.15, 0.2) is 24.3 Å². The largest absolute Gasteiger partial charge is 0.364 e. The second-order valence-corrected chi connectivity index (χ2v) is 6.92. The normalized spacial score (nSPS) is 11.9. The third-order valence-electron chi connectivity index (χ3n) is 4.76. The second kappa shape index (κ2) is 7.89. The van der Waals surface area contributed by atoms with E-state index in [1.165, 1.54) is 14.1 Å². The second-order valence-electron chi connectivity index (χ2n) is 6.92. The molecular formula is C19H22N10O2. The number of carbonyl (C=O) groups is 2. The van der Waals surface area contributed by atoms with Crippen LogP contribution in [-0.4, -0.2) is 58.0 Å². The Balaban J connectivity index is 1.78. The van der Waals surface area contributed by atoms with E-state index in [1.54, 1.807) is 6.07 Å². The summed E-state index contributed by atoms with van der Waals surface area (Å²) in [6.07, 6.45) is 0. The molecule has 1 aliphatic heterocycles. The highest BCUT2D eigenvalue weighted by Crippen LogP contribution is 2.38. The van der Waals surface area contributed by atoms with Crippen molar-refractivity contribution in [3.8, 4) is 5.69 Å². The molecule has 0 unspecified atom stereocenters. The maximum absolute atomic E-state index is 12.3. The Morgan fingerprint density at radius 2 is 1.90 bits per heavy atom. The highest BCUT2D eigenvalue weighted by atomic mass is 16.2. The minimum absolute atomic E-state index is 0.0957. The molecule has 0 saturated heterocycles. The zero-order valence-electron chi connectivity index (χ0n) is 17.5. The fraction of sp³-hybridized carbons (Fsp3) is 0.263. The summed E-state index contributed by atoms with van der Waals surface area (Å²) in [4.78, 5) is 30.6. The molecule has 3 amide bonds. The van der Waals surface area contributed by atoms with E-state index in [-0.39, 0.29) is 11.5 Å². The molecule has 1 aliphatic rings. The van der Waals surface area contributed by atoms with E-state index in [2.05, 4.69) is 46.4 Å². The summed E-state index contributed by atoms with van der Waals surface area (Å²) in [6, 6.07) is 6.85. The molecule has 12 heteroatoms. The summed E-state index contributed by atoms with van der Waals surface area (Å²) in [6.45, 7) is 2.43. The average Bonchev–Trinajstić information content (AvgIpc) is 3.13. The van der Waals surface area contributed by atoms with Crippen LogP contribution in [0.5, 0.6) is 0 Å². The Hall–Kier alpha value is -4.22. The van der Waals surface area contributed by atoms with E-state index in [1.807, 2.05) is 36.9 Å². The molecule has 0 spiro atoms. The maximum Gasteiger partial charge on any atom is 0.320 e. The van der Waals surface area contributed by atoms with E-state index in [4.69, 9.17) is 0 Å². The fourth-order valence-electron chi connectivity index (χ4n) is 3.41. The molecule has 0 fully saturated rings.